The molecular formula is C14H16Cl2F2N2O3. The highest BCUT2D eigenvalue weighted by Gasteiger charge is 2.28. The highest BCUT2D eigenvalue weighted by molar-refractivity contribution is 6.35. The normalized spacial score (nSPS) is 21.3. The third kappa shape index (κ3) is 4.91. The van der Waals surface area contributed by atoms with Crippen LogP contribution in [0.25, 0.3) is 0 Å². The second-order valence-electron chi connectivity index (χ2n) is 4.98. The Bertz CT molecular complexity index is 575. The topological polar surface area (TPSA) is 59.6 Å². The fourth-order valence-electron chi connectivity index (χ4n) is 2.29. The summed E-state index contributed by atoms with van der Waals surface area (Å²) in [6, 6.07) is 2.20. The van der Waals surface area contributed by atoms with Crippen LogP contribution in [0.2, 0.25) is 10.0 Å². The molecule has 23 heavy (non-hydrogen) atoms. The third-order valence-electron chi connectivity index (χ3n) is 3.34. The zero-order chi connectivity index (χ0) is 17.0. The van der Waals surface area contributed by atoms with Gasteiger partial charge in [-0.1, -0.05) is 23.2 Å². The van der Waals surface area contributed by atoms with Crippen molar-refractivity contribution in [2.75, 3.05) is 13.2 Å². The van der Waals surface area contributed by atoms with E-state index in [0.717, 1.165) is 0 Å². The second-order valence-corrected chi connectivity index (χ2v) is 5.82. The lowest BCUT2D eigenvalue weighted by atomic mass is 10.1. The van der Waals surface area contributed by atoms with Gasteiger partial charge in [-0.3, -0.25) is 4.79 Å². The maximum Gasteiger partial charge on any atom is 0.387 e. The zero-order valence-corrected chi connectivity index (χ0v) is 13.8. The molecule has 1 saturated heterocycles. The van der Waals surface area contributed by atoms with Crippen molar-refractivity contribution in [1.29, 1.82) is 0 Å². The summed E-state index contributed by atoms with van der Waals surface area (Å²) in [5.74, 6) is -0.511. The number of hydrogen-bond donors (Lipinski definition) is 2. The molecule has 1 aromatic rings. The van der Waals surface area contributed by atoms with Crippen molar-refractivity contribution in [3.63, 3.8) is 0 Å². The molecule has 1 fully saturated rings. The molecule has 1 amide bonds. The molecule has 1 aliphatic heterocycles. The summed E-state index contributed by atoms with van der Waals surface area (Å²) in [6.07, 6.45) is -0.288. The number of hydrogen-bond acceptors (Lipinski definition) is 4. The first-order valence-electron chi connectivity index (χ1n) is 6.94. The minimum atomic E-state index is -3.03. The number of nitrogens with one attached hydrogen (secondary N) is 2. The number of halogens is 4. The standard InChI is InChI=1S/C14H16Cl2F2N2O3/c1-7-11(19-2-3-22-7)13(21)20-6-8-4-9(15)5-10(16)12(8)23-14(17)18/h4-5,7,11,14,19H,2-3,6H2,1H3,(H,20,21)/t7-,11+/m1/s1. The summed E-state index contributed by atoms with van der Waals surface area (Å²) in [4.78, 5) is 12.2. The molecule has 2 atom stereocenters. The Balaban J connectivity index is 2.08. The van der Waals surface area contributed by atoms with Gasteiger partial charge >= 0.3 is 6.61 Å². The molecule has 9 heteroatoms. The van der Waals surface area contributed by atoms with Crippen LogP contribution in [0.3, 0.4) is 0 Å². The summed E-state index contributed by atoms with van der Waals surface area (Å²) in [6.45, 7) is -0.215. The van der Waals surface area contributed by atoms with Gasteiger partial charge in [0, 0.05) is 23.7 Å². The number of ether oxygens (including phenoxy) is 2. The van der Waals surface area contributed by atoms with Crippen LogP contribution in [0.1, 0.15) is 12.5 Å². The Kier molecular flexibility index (Phi) is 6.41. The summed E-state index contributed by atoms with van der Waals surface area (Å²) >= 11 is 11.8. The van der Waals surface area contributed by atoms with Gasteiger partial charge in [-0.2, -0.15) is 8.78 Å². The number of carbonyl (C=O) groups excluding carboxylic acids is 1. The summed E-state index contributed by atoms with van der Waals surface area (Å²) in [7, 11) is 0. The summed E-state index contributed by atoms with van der Waals surface area (Å²) in [5.41, 5.74) is 0.264. The Morgan fingerprint density at radius 3 is 2.91 bits per heavy atom. The van der Waals surface area contributed by atoms with Crippen molar-refractivity contribution in [3.05, 3.63) is 27.7 Å². The molecule has 2 N–H and O–H groups in total. The van der Waals surface area contributed by atoms with E-state index in [0.29, 0.717) is 13.2 Å². The number of benzene rings is 1. The van der Waals surface area contributed by atoms with Crippen LogP contribution in [-0.4, -0.2) is 37.8 Å². The van der Waals surface area contributed by atoms with E-state index in [1.54, 1.807) is 6.92 Å². The van der Waals surface area contributed by atoms with Crippen LogP contribution in [0.15, 0.2) is 12.1 Å². The molecule has 0 unspecified atom stereocenters. The number of carbonyl (C=O) groups is 1. The molecular weight excluding hydrogens is 353 g/mol. The van der Waals surface area contributed by atoms with E-state index in [-0.39, 0.29) is 39.9 Å². The quantitative estimate of drug-likeness (QED) is 0.838. The van der Waals surface area contributed by atoms with Crippen molar-refractivity contribution in [2.24, 2.45) is 0 Å². The van der Waals surface area contributed by atoms with E-state index >= 15 is 0 Å². The van der Waals surface area contributed by atoms with Crippen molar-refractivity contribution in [1.82, 2.24) is 10.6 Å². The van der Waals surface area contributed by atoms with Gasteiger partial charge in [-0.25, -0.2) is 0 Å². The van der Waals surface area contributed by atoms with Gasteiger partial charge in [0.1, 0.15) is 11.8 Å². The lowest BCUT2D eigenvalue weighted by Gasteiger charge is -2.29. The van der Waals surface area contributed by atoms with Gasteiger partial charge in [-0.15, -0.1) is 0 Å². The number of rotatable bonds is 5. The minimum Gasteiger partial charge on any atom is -0.433 e. The van der Waals surface area contributed by atoms with Gasteiger partial charge in [0.25, 0.3) is 0 Å². The molecule has 5 nitrogen and oxygen atoms in total. The molecule has 0 aromatic heterocycles. The molecule has 0 saturated carbocycles. The molecule has 0 bridgehead atoms. The zero-order valence-electron chi connectivity index (χ0n) is 12.2. The van der Waals surface area contributed by atoms with E-state index in [4.69, 9.17) is 27.9 Å². The molecule has 128 valence electrons. The van der Waals surface area contributed by atoms with Crippen LogP contribution in [-0.2, 0) is 16.1 Å². The van der Waals surface area contributed by atoms with Gasteiger partial charge in [-0.05, 0) is 19.1 Å². The molecule has 2 rings (SSSR count). The average molecular weight is 369 g/mol. The van der Waals surface area contributed by atoms with Gasteiger partial charge in [0.15, 0.2) is 0 Å². The highest BCUT2D eigenvalue weighted by atomic mass is 35.5. The number of amides is 1. The van der Waals surface area contributed by atoms with Crippen LogP contribution < -0.4 is 15.4 Å². The van der Waals surface area contributed by atoms with E-state index < -0.39 is 12.7 Å². The molecule has 1 aromatic carbocycles. The maximum atomic E-state index is 12.5. The SMILES string of the molecule is C[C@H]1OCCN[C@@H]1C(=O)NCc1cc(Cl)cc(Cl)c1OC(F)F. The summed E-state index contributed by atoms with van der Waals surface area (Å²) < 4.78 is 34.8. The second kappa shape index (κ2) is 8.10. The lowest BCUT2D eigenvalue weighted by Crippen LogP contribution is -2.55. The number of alkyl halides is 2. The smallest absolute Gasteiger partial charge is 0.387 e. The Morgan fingerprint density at radius 1 is 1.52 bits per heavy atom. The van der Waals surface area contributed by atoms with Crippen LogP contribution in [0.5, 0.6) is 5.75 Å². The van der Waals surface area contributed by atoms with Gasteiger partial charge in [0.2, 0.25) is 5.91 Å². The van der Waals surface area contributed by atoms with Crippen molar-refractivity contribution >= 4 is 29.1 Å². The number of morpholine rings is 1. The van der Waals surface area contributed by atoms with Gasteiger partial charge in [0.05, 0.1) is 17.7 Å². The van der Waals surface area contributed by atoms with Crippen molar-refractivity contribution < 1.29 is 23.0 Å². The molecule has 0 spiro atoms. The Hall–Kier alpha value is -1.15. The fourth-order valence-corrected chi connectivity index (χ4v) is 2.87. The predicted molar refractivity (Wildman–Crippen MR) is 82.1 cm³/mol. The van der Waals surface area contributed by atoms with E-state index in [1.807, 2.05) is 0 Å². The Morgan fingerprint density at radius 2 is 2.26 bits per heavy atom. The van der Waals surface area contributed by atoms with Crippen molar-refractivity contribution in [3.8, 4) is 5.75 Å². The monoisotopic (exact) mass is 368 g/mol. The lowest BCUT2D eigenvalue weighted by molar-refractivity contribution is -0.129. The fraction of sp³-hybridized carbons (Fsp3) is 0.500. The average Bonchev–Trinajstić information content (AvgIpc) is 2.48. The predicted octanol–water partition coefficient (Wildman–Crippen LogP) is 2.59. The van der Waals surface area contributed by atoms with Crippen molar-refractivity contribution in [2.45, 2.75) is 32.2 Å². The van der Waals surface area contributed by atoms with Gasteiger partial charge < -0.3 is 20.1 Å². The summed E-state index contributed by atoms with van der Waals surface area (Å²) in [5, 5.41) is 5.89. The Labute approximate surface area is 142 Å². The molecule has 0 radical (unpaired) electrons. The van der Waals surface area contributed by atoms with Crippen LogP contribution >= 0.6 is 23.2 Å². The molecule has 1 aliphatic rings. The molecule has 0 aliphatic carbocycles. The first-order chi connectivity index (χ1) is 10.9. The van der Waals surface area contributed by atoms with Crippen LogP contribution in [0.4, 0.5) is 8.78 Å². The van der Waals surface area contributed by atoms with E-state index in [9.17, 15) is 13.6 Å². The first-order valence-corrected chi connectivity index (χ1v) is 7.69. The molecule has 1 heterocycles. The highest BCUT2D eigenvalue weighted by Crippen LogP contribution is 2.33. The maximum absolute atomic E-state index is 12.5. The van der Waals surface area contributed by atoms with E-state index in [1.165, 1.54) is 12.1 Å². The van der Waals surface area contributed by atoms with Crippen LogP contribution in [0, 0.1) is 0 Å². The minimum absolute atomic E-state index is 0.0467. The van der Waals surface area contributed by atoms with E-state index in [2.05, 4.69) is 15.4 Å². The largest absolute Gasteiger partial charge is 0.433 e. The first kappa shape index (κ1) is 18.2. The third-order valence-corrected chi connectivity index (χ3v) is 3.84.